The van der Waals surface area contributed by atoms with Gasteiger partial charge >= 0.3 is 11.2 Å². The third-order valence-corrected chi connectivity index (χ3v) is 2.90. The van der Waals surface area contributed by atoms with Gasteiger partial charge in [0.2, 0.25) is 5.82 Å². The highest BCUT2D eigenvalue weighted by Crippen LogP contribution is 2.23. The molecule has 0 radical (unpaired) electrons. The van der Waals surface area contributed by atoms with Crippen molar-refractivity contribution in [3.8, 4) is 0 Å². The van der Waals surface area contributed by atoms with Crippen molar-refractivity contribution in [2.45, 2.75) is 25.7 Å². The second-order valence-corrected chi connectivity index (χ2v) is 4.06. The molecule has 0 aromatic carbocycles. The summed E-state index contributed by atoms with van der Waals surface area (Å²) in [6.45, 7) is 1.44. The summed E-state index contributed by atoms with van der Waals surface area (Å²) in [6.07, 6.45) is 5.41. The van der Waals surface area contributed by atoms with Crippen LogP contribution in [0.4, 0.5) is 11.5 Å². The second-order valence-electron chi connectivity index (χ2n) is 4.06. The van der Waals surface area contributed by atoms with Crippen molar-refractivity contribution in [2.75, 3.05) is 18.0 Å². The molecule has 0 atom stereocenters. The van der Waals surface area contributed by atoms with E-state index in [4.69, 9.17) is 0 Å². The first-order valence-electron chi connectivity index (χ1n) is 5.67. The minimum absolute atomic E-state index is 0.195. The Kier molecular flexibility index (Phi) is 3.36. The number of nitro groups is 1. The van der Waals surface area contributed by atoms with Crippen molar-refractivity contribution < 1.29 is 4.92 Å². The first-order chi connectivity index (χ1) is 8.20. The molecule has 7 nitrogen and oxygen atoms in total. The molecule has 17 heavy (non-hydrogen) atoms. The normalized spacial score (nSPS) is 16.6. The minimum Gasteiger partial charge on any atom is -0.351 e. The Labute approximate surface area is 97.6 Å². The lowest BCUT2D eigenvalue weighted by Crippen LogP contribution is -2.28. The fourth-order valence-electron chi connectivity index (χ4n) is 2.06. The molecule has 0 bridgehead atoms. The first kappa shape index (κ1) is 11.6. The van der Waals surface area contributed by atoms with Gasteiger partial charge in [0.15, 0.2) is 0 Å². The summed E-state index contributed by atoms with van der Waals surface area (Å²) in [7, 11) is 0. The summed E-state index contributed by atoms with van der Waals surface area (Å²) < 4.78 is 0. The lowest BCUT2D eigenvalue weighted by atomic mass is 10.2. The Bertz CT molecular complexity index is 463. The van der Waals surface area contributed by atoms with Crippen LogP contribution in [0.25, 0.3) is 0 Å². The van der Waals surface area contributed by atoms with Gasteiger partial charge in [-0.15, -0.1) is 0 Å². The van der Waals surface area contributed by atoms with Crippen LogP contribution in [0.1, 0.15) is 25.7 Å². The number of hydrogen-bond acceptors (Lipinski definition) is 5. The summed E-state index contributed by atoms with van der Waals surface area (Å²) in [4.78, 5) is 29.7. The summed E-state index contributed by atoms with van der Waals surface area (Å²) in [5, 5.41) is 10.9. The molecule has 0 saturated carbocycles. The van der Waals surface area contributed by atoms with Crippen molar-refractivity contribution in [3.63, 3.8) is 0 Å². The number of nitrogens with zero attached hydrogens (tertiary/aromatic N) is 3. The molecule has 1 aromatic rings. The molecule has 2 heterocycles. The van der Waals surface area contributed by atoms with E-state index < -0.39 is 16.2 Å². The first-order valence-corrected chi connectivity index (χ1v) is 5.67. The fourth-order valence-corrected chi connectivity index (χ4v) is 2.06. The van der Waals surface area contributed by atoms with E-state index in [9.17, 15) is 14.9 Å². The van der Waals surface area contributed by atoms with Gasteiger partial charge in [-0.1, -0.05) is 12.8 Å². The van der Waals surface area contributed by atoms with Crippen molar-refractivity contribution in [2.24, 2.45) is 0 Å². The maximum atomic E-state index is 11.4. The van der Waals surface area contributed by atoms with Gasteiger partial charge in [-0.2, -0.15) is 0 Å². The van der Waals surface area contributed by atoms with Gasteiger partial charge in [-0.25, -0.2) is 4.98 Å². The summed E-state index contributed by atoms with van der Waals surface area (Å²) in [5.41, 5.74) is -1.14. The molecule has 92 valence electrons. The van der Waals surface area contributed by atoms with Crippen LogP contribution in [0, 0.1) is 10.1 Å². The lowest BCUT2D eigenvalue weighted by Gasteiger charge is -2.20. The van der Waals surface area contributed by atoms with Crippen LogP contribution >= 0.6 is 0 Å². The maximum Gasteiger partial charge on any atom is 0.375 e. The van der Waals surface area contributed by atoms with Gasteiger partial charge in [0.25, 0.3) is 0 Å². The Morgan fingerprint density at radius 2 is 1.94 bits per heavy atom. The van der Waals surface area contributed by atoms with Crippen LogP contribution in [0.3, 0.4) is 0 Å². The van der Waals surface area contributed by atoms with Gasteiger partial charge in [-0.05, 0) is 12.8 Å². The van der Waals surface area contributed by atoms with Crippen LogP contribution < -0.4 is 10.5 Å². The second kappa shape index (κ2) is 4.94. The number of rotatable bonds is 2. The molecule has 7 heteroatoms. The van der Waals surface area contributed by atoms with E-state index in [1.807, 2.05) is 4.90 Å². The summed E-state index contributed by atoms with van der Waals surface area (Å²) in [5.74, 6) is 0.195. The monoisotopic (exact) mass is 238 g/mol. The van der Waals surface area contributed by atoms with E-state index in [0.29, 0.717) is 0 Å². The Hall–Kier alpha value is -1.92. The van der Waals surface area contributed by atoms with Crippen LogP contribution in [-0.2, 0) is 0 Å². The number of nitrogens with one attached hydrogen (secondary N) is 1. The molecule has 1 fully saturated rings. The molecule has 1 saturated heterocycles. The average molecular weight is 238 g/mol. The number of H-pyrrole nitrogens is 1. The Morgan fingerprint density at radius 1 is 1.29 bits per heavy atom. The van der Waals surface area contributed by atoms with E-state index in [1.165, 1.54) is 6.33 Å². The highest BCUT2D eigenvalue weighted by Gasteiger charge is 2.25. The number of hydrogen-bond donors (Lipinski definition) is 1. The van der Waals surface area contributed by atoms with Crippen molar-refractivity contribution >= 4 is 11.5 Å². The maximum absolute atomic E-state index is 11.4. The van der Waals surface area contributed by atoms with Crippen molar-refractivity contribution in [1.29, 1.82) is 0 Å². The van der Waals surface area contributed by atoms with Crippen LogP contribution in [-0.4, -0.2) is 28.0 Å². The number of aromatic nitrogens is 2. The summed E-state index contributed by atoms with van der Waals surface area (Å²) in [6, 6.07) is 0. The molecule has 1 aliphatic heterocycles. The predicted octanol–water partition coefficient (Wildman–Crippen LogP) is 1.06. The van der Waals surface area contributed by atoms with E-state index in [1.54, 1.807) is 0 Å². The Morgan fingerprint density at radius 3 is 2.53 bits per heavy atom. The third-order valence-electron chi connectivity index (χ3n) is 2.90. The minimum atomic E-state index is -0.691. The molecule has 1 aliphatic rings. The van der Waals surface area contributed by atoms with Gasteiger partial charge in [0.1, 0.15) is 0 Å². The molecule has 0 amide bonds. The summed E-state index contributed by atoms with van der Waals surface area (Å²) >= 11 is 0. The lowest BCUT2D eigenvalue weighted by molar-refractivity contribution is -0.385. The van der Waals surface area contributed by atoms with Crippen molar-refractivity contribution in [3.05, 3.63) is 26.8 Å². The molecule has 0 aliphatic carbocycles. The van der Waals surface area contributed by atoms with Gasteiger partial charge in [0, 0.05) is 13.1 Å². The zero-order valence-corrected chi connectivity index (χ0v) is 9.39. The highest BCUT2D eigenvalue weighted by molar-refractivity contribution is 5.55. The largest absolute Gasteiger partial charge is 0.375 e. The molecular weight excluding hydrogens is 224 g/mol. The van der Waals surface area contributed by atoms with Crippen molar-refractivity contribution in [1.82, 2.24) is 9.97 Å². The van der Waals surface area contributed by atoms with Gasteiger partial charge in [-0.3, -0.25) is 14.9 Å². The third kappa shape index (κ3) is 2.43. The number of aromatic amines is 1. The fraction of sp³-hybridized carbons (Fsp3) is 0.600. The molecule has 1 N–H and O–H groups in total. The van der Waals surface area contributed by atoms with Crippen LogP contribution in [0.2, 0.25) is 0 Å². The smallest absolute Gasteiger partial charge is 0.351 e. The molecular formula is C10H14N4O3. The standard InChI is InChI=1S/C10H14N4O3/c15-10-8(14(16)17)9(11-7-12-10)13-5-3-1-2-4-6-13/h7H,1-6H2,(H,11,12,15). The van der Waals surface area contributed by atoms with E-state index in [0.717, 1.165) is 38.8 Å². The van der Waals surface area contributed by atoms with Gasteiger partial charge in [0.05, 0.1) is 11.3 Å². The van der Waals surface area contributed by atoms with Crippen LogP contribution in [0.15, 0.2) is 11.1 Å². The molecule has 1 aromatic heterocycles. The van der Waals surface area contributed by atoms with Gasteiger partial charge < -0.3 is 9.88 Å². The zero-order valence-electron chi connectivity index (χ0n) is 9.39. The Balaban J connectivity index is 2.39. The van der Waals surface area contributed by atoms with E-state index in [-0.39, 0.29) is 5.82 Å². The zero-order chi connectivity index (χ0) is 12.3. The molecule has 0 spiro atoms. The average Bonchev–Trinajstić information content (AvgIpc) is 2.56. The molecule has 2 rings (SSSR count). The SMILES string of the molecule is O=c1[nH]cnc(N2CCCCCC2)c1[N+](=O)[O-]. The quantitative estimate of drug-likeness (QED) is 0.614. The van der Waals surface area contributed by atoms with Crippen LogP contribution in [0.5, 0.6) is 0 Å². The predicted molar refractivity (Wildman–Crippen MR) is 62.2 cm³/mol. The topological polar surface area (TPSA) is 92.1 Å². The van der Waals surface area contributed by atoms with E-state index in [2.05, 4.69) is 9.97 Å². The van der Waals surface area contributed by atoms with E-state index >= 15 is 0 Å². The highest BCUT2D eigenvalue weighted by atomic mass is 16.6. The number of anilines is 1. The molecule has 0 unspecified atom stereocenters.